The van der Waals surface area contributed by atoms with Crippen molar-refractivity contribution in [3.63, 3.8) is 0 Å². The molecule has 2 aromatic rings. The molecule has 0 aliphatic heterocycles. The lowest BCUT2D eigenvalue weighted by molar-refractivity contribution is 0.168. The quantitative estimate of drug-likeness (QED) is 0.763. The van der Waals surface area contributed by atoms with Crippen molar-refractivity contribution in [3.05, 3.63) is 70.5 Å². The van der Waals surface area contributed by atoms with Gasteiger partial charge in [-0.15, -0.1) is 0 Å². The Hall–Kier alpha value is -2.40. The maximum absolute atomic E-state index is 13.6. The minimum atomic E-state index is -1.08. The average molecular weight is 356 g/mol. The van der Waals surface area contributed by atoms with E-state index in [0.29, 0.717) is 0 Å². The maximum atomic E-state index is 13.6. The predicted molar refractivity (Wildman–Crippen MR) is 99.4 cm³/mol. The van der Waals surface area contributed by atoms with Gasteiger partial charge < -0.3 is 15.7 Å². The first-order valence-corrected chi connectivity index (χ1v) is 9.13. The molecule has 3 rings (SSSR count). The minimum Gasteiger partial charge on any atom is -0.386 e. The molecular formula is C21H25FN2O2. The Labute approximate surface area is 153 Å². The molecule has 1 aliphatic rings. The SMILES string of the molecule is C[C@@H](NC(=O)NC[C@@H](O)c1ccccc1F)c1ccc2c(c1)CCCC2. The number of hydrogen-bond acceptors (Lipinski definition) is 2. The number of urea groups is 1. The fraction of sp³-hybridized carbons (Fsp3) is 0.381. The number of benzene rings is 2. The Kier molecular flexibility index (Phi) is 5.89. The van der Waals surface area contributed by atoms with Crippen LogP contribution in [0, 0.1) is 5.82 Å². The molecule has 2 amide bonds. The first-order valence-electron chi connectivity index (χ1n) is 9.13. The van der Waals surface area contributed by atoms with Gasteiger partial charge in [0.25, 0.3) is 0 Å². The van der Waals surface area contributed by atoms with Gasteiger partial charge in [0.1, 0.15) is 5.82 Å². The van der Waals surface area contributed by atoms with E-state index in [0.717, 1.165) is 18.4 Å². The van der Waals surface area contributed by atoms with Crippen LogP contribution < -0.4 is 10.6 Å². The van der Waals surface area contributed by atoms with Gasteiger partial charge in [-0.1, -0.05) is 36.4 Å². The molecule has 138 valence electrons. The van der Waals surface area contributed by atoms with Crippen molar-refractivity contribution in [2.75, 3.05) is 6.54 Å². The van der Waals surface area contributed by atoms with E-state index in [1.165, 1.54) is 36.1 Å². The summed E-state index contributed by atoms with van der Waals surface area (Å²) in [6.07, 6.45) is 3.60. The van der Waals surface area contributed by atoms with E-state index in [-0.39, 0.29) is 24.2 Å². The highest BCUT2D eigenvalue weighted by atomic mass is 19.1. The van der Waals surface area contributed by atoms with Crippen LogP contribution in [0.3, 0.4) is 0 Å². The van der Waals surface area contributed by atoms with Crippen LogP contribution in [0.2, 0.25) is 0 Å². The Bertz CT molecular complexity index is 778. The monoisotopic (exact) mass is 356 g/mol. The molecule has 2 aromatic carbocycles. The third-order valence-electron chi connectivity index (χ3n) is 4.94. The summed E-state index contributed by atoms with van der Waals surface area (Å²) in [5.74, 6) is -0.482. The van der Waals surface area contributed by atoms with Gasteiger partial charge in [0.2, 0.25) is 0 Å². The zero-order chi connectivity index (χ0) is 18.5. The second kappa shape index (κ2) is 8.32. The first kappa shape index (κ1) is 18.4. The van der Waals surface area contributed by atoms with Gasteiger partial charge in [0.05, 0.1) is 12.1 Å². The molecule has 0 fully saturated rings. The summed E-state index contributed by atoms with van der Waals surface area (Å²) >= 11 is 0. The standard InChI is InChI=1S/C21H25FN2O2/c1-14(16-11-10-15-6-2-3-7-17(15)12-16)24-21(26)23-13-20(25)18-8-4-5-9-19(18)22/h4-5,8-12,14,20,25H,2-3,6-7,13H2,1H3,(H2,23,24,26)/t14-,20-/m1/s1. The average Bonchev–Trinajstić information content (AvgIpc) is 2.66. The summed E-state index contributed by atoms with van der Waals surface area (Å²) in [5.41, 5.74) is 4.02. The Morgan fingerprint density at radius 3 is 2.65 bits per heavy atom. The molecule has 0 bridgehead atoms. The lowest BCUT2D eigenvalue weighted by atomic mass is 9.89. The maximum Gasteiger partial charge on any atom is 0.315 e. The summed E-state index contributed by atoms with van der Waals surface area (Å²) in [6, 6.07) is 11.9. The van der Waals surface area contributed by atoms with Gasteiger partial charge in [0.15, 0.2) is 0 Å². The van der Waals surface area contributed by atoms with Crippen molar-refractivity contribution in [1.82, 2.24) is 10.6 Å². The van der Waals surface area contributed by atoms with Gasteiger partial charge in [-0.05, 0) is 55.4 Å². The minimum absolute atomic E-state index is 0.0519. The second-order valence-corrected chi connectivity index (χ2v) is 6.85. The number of halogens is 1. The number of carbonyl (C=O) groups excluding carboxylic acids is 1. The highest BCUT2D eigenvalue weighted by Gasteiger charge is 2.16. The summed E-state index contributed by atoms with van der Waals surface area (Å²) < 4.78 is 13.6. The van der Waals surface area contributed by atoms with Gasteiger partial charge >= 0.3 is 6.03 Å². The number of rotatable bonds is 5. The first-order chi connectivity index (χ1) is 12.5. The number of aliphatic hydroxyl groups excluding tert-OH is 1. The van der Waals surface area contributed by atoms with Crippen LogP contribution in [0.4, 0.5) is 9.18 Å². The fourth-order valence-corrected chi connectivity index (χ4v) is 3.40. The number of amides is 2. The second-order valence-electron chi connectivity index (χ2n) is 6.85. The highest BCUT2D eigenvalue weighted by molar-refractivity contribution is 5.74. The number of carbonyl (C=O) groups is 1. The van der Waals surface area contributed by atoms with E-state index in [9.17, 15) is 14.3 Å². The van der Waals surface area contributed by atoms with Crippen molar-refractivity contribution >= 4 is 6.03 Å². The van der Waals surface area contributed by atoms with E-state index in [1.54, 1.807) is 12.1 Å². The molecule has 26 heavy (non-hydrogen) atoms. The Morgan fingerprint density at radius 1 is 1.15 bits per heavy atom. The molecule has 4 nitrogen and oxygen atoms in total. The number of aryl methyl sites for hydroxylation is 2. The molecule has 0 saturated carbocycles. The Balaban J connectivity index is 1.54. The van der Waals surface area contributed by atoms with E-state index < -0.39 is 11.9 Å². The van der Waals surface area contributed by atoms with Crippen molar-refractivity contribution in [2.45, 2.75) is 44.8 Å². The van der Waals surface area contributed by atoms with Crippen molar-refractivity contribution < 1.29 is 14.3 Å². The van der Waals surface area contributed by atoms with E-state index >= 15 is 0 Å². The zero-order valence-corrected chi connectivity index (χ0v) is 15.0. The molecule has 0 saturated heterocycles. The molecule has 0 spiro atoms. The smallest absolute Gasteiger partial charge is 0.315 e. The summed E-state index contributed by atoms with van der Waals surface area (Å²) in [5, 5.41) is 15.5. The topological polar surface area (TPSA) is 61.4 Å². The molecular weight excluding hydrogens is 331 g/mol. The van der Waals surface area contributed by atoms with Crippen LogP contribution in [0.1, 0.15) is 54.2 Å². The largest absolute Gasteiger partial charge is 0.386 e. The number of hydrogen-bond donors (Lipinski definition) is 3. The highest BCUT2D eigenvalue weighted by Crippen LogP contribution is 2.24. The van der Waals surface area contributed by atoms with Crippen LogP contribution >= 0.6 is 0 Å². The molecule has 0 radical (unpaired) electrons. The normalized spacial score (nSPS) is 15.7. The molecule has 0 aromatic heterocycles. The van der Waals surface area contributed by atoms with Gasteiger partial charge in [0, 0.05) is 12.1 Å². The number of aliphatic hydroxyl groups is 1. The predicted octanol–water partition coefficient (Wildman–Crippen LogP) is 3.80. The van der Waals surface area contributed by atoms with E-state index in [2.05, 4.69) is 28.8 Å². The molecule has 3 N–H and O–H groups in total. The molecule has 1 aliphatic carbocycles. The van der Waals surface area contributed by atoms with Crippen molar-refractivity contribution in [3.8, 4) is 0 Å². The van der Waals surface area contributed by atoms with Gasteiger partial charge in [-0.2, -0.15) is 0 Å². The van der Waals surface area contributed by atoms with Crippen molar-refractivity contribution in [1.29, 1.82) is 0 Å². The van der Waals surface area contributed by atoms with Crippen LogP contribution in [-0.4, -0.2) is 17.7 Å². The van der Waals surface area contributed by atoms with Gasteiger partial charge in [-0.3, -0.25) is 0 Å². The van der Waals surface area contributed by atoms with E-state index in [1.807, 2.05) is 6.92 Å². The third-order valence-corrected chi connectivity index (χ3v) is 4.94. The molecule has 5 heteroatoms. The Morgan fingerprint density at radius 2 is 1.88 bits per heavy atom. The van der Waals surface area contributed by atoms with Crippen LogP contribution in [0.5, 0.6) is 0 Å². The number of nitrogens with one attached hydrogen (secondary N) is 2. The molecule has 2 atom stereocenters. The van der Waals surface area contributed by atoms with Gasteiger partial charge in [-0.25, -0.2) is 9.18 Å². The van der Waals surface area contributed by atoms with Crippen LogP contribution in [0.15, 0.2) is 42.5 Å². The lowest BCUT2D eigenvalue weighted by Gasteiger charge is -2.20. The molecule has 0 unspecified atom stereocenters. The van der Waals surface area contributed by atoms with Crippen LogP contribution in [-0.2, 0) is 12.8 Å². The molecule has 0 heterocycles. The van der Waals surface area contributed by atoms with Crippen molar-refractivity contribution in [2.24, 2.45) is 0 Å². The third kappa shape index (κ3) is 4.41. The fourth-order valence-electron chi connectivity index (χ4n) is 3.40. The summed E-state index contributed by atoms with van der Waals surface area (Å²) in [6.45, 7) is 1.88. The van der Waals surface area contributed by atoms with E-state index in [4.69, 9.17) is 0 Å². The summed E-state index contributed by atoms with van der Waals surface area (Å²) in [7, 11) is 0. The number of fused-ring (bicyclic) bond motifs is 1. The summed E-state index contributed by atoms with van der Waals surface area (Å²) in [4.78, 5) is 12.1. The lowest BCUT2D eigenvalue weighted by Crippen LogP contribution is -2.39. The zero-order valence-electron chi connectivity index (χ0n) is 15.0. The van der Waals surface area contributed by atoms with Crippen LogP contribution in [0.25, 0.3) is 0 Å².